The lowest BCUT2D eigenvalue weighted by molar-refractivity contribution is -0.135. The topological polar surface area (TPSA) is 192 Å². The van der Waals surface area contributed by atoms with Crippen LogP contribution in [0.15, 0.2) is 77.2 Å². The van der Waals surface area contributed by atoms with Crippen LogP contribution in [0.5, 0.6) is 11.5 Å². The van der Waals surface area contributed by atoms with E-state index in [1.165, 1.54) is 6.07 Å². The summed E-state index contributed by atoms with van der Waals surface area (Å²) < 4.78 is 20.7. The molecule has 1 aliphatic carbocycles. The van der Waals surface area contributed by atoms with Gasteiger partial charge in [-0.25, -0.2) is 4.58 Å². The van der Waals surface area contributed by atoms with Gasteiger partial charge in [0.15, 0.2) is 0 Å². The lowest BCUT2D eigenvalue weighted by atomic mass is 9.93. The molecule has 2 aliphatic rings. The van der Waals surface area contributed by atoms with Gasteiger partial charge in [-0.1, -0.05) is 6.07 Å². The van der Waals surface area contributed by atoms with E-state index < -0.39 is 18.5 Å². The van der Waals surface area contributed by atoms with Crippen molar-refractivity contribution in [2.24, 2.45) is 5.73 Å². The third-order valence-corrected chi connectivity index (χ3v) is 8.12. The van der Waals surface area contributed by atoms with Crippen molar-refractivity contribution in [1.82, 2.24) is 9.89 Å². The summed E-state index contributed by atoms with van der Waals surface area (Å²) in [5, 5.41) is 28.9. The zero-order valence-corrected chi connectivity index (χ0v) is 29.5. The fourth-order valence-corrected chi connectivity index (χ4v) is 5.55. The molecule has 0 unspecified atom stereocenters. The number of nitrogens with two attached hydrogens (primary N) is 1. The first-order valence-corrected chi connectivity index (χ1v) is 16.6. The molecule has 0 saturated heterocycles. The maximum absolute atomic E-state index is 12.5. The van der Waals surface area contributed by atoms with Gasteiger partial charge in [0.1, 0.15) is 63.2 Å². The van der Waals surface area contributed by atoms with Crippen LogP contribution in [0.25, 0.3) is 33.4 Å². The van der Waals surface area contributed by atoms with Crippen LogP contribution in [-0.2, 0) is 9.59 Å². The van der Waals surface area contributed by atoms with Crippen molar-refractivity contribution in [2.45, 2.75) is 0 Å². The molecule has 272 valence electrons. The standard InChI is InChI=1S/C38H42N6O8/c1-43(2)25-7-9-27-32(19-25)52-33-20-26(44(3)4)8-10-28(33)37(27)23-5-11-29(41-21-35(45)46)34(18-23)51-16-15-50-31-12-6-24(38(49)40-14-13-39)17-30(31)42-22-36(47)48/h5-12,17-20,42H,13-16,21-22,39H2,1-4H3,(H3,40,45,46,47,48,49)/p+1. The molecule has 0 atom stereocenters. The highest BCUT2D eigenvalue weighted by molar-refractivity contribution is 6.03. The Balaban J connectivity index is 1.48. The summed E-state index contributed by atoms with van der Waals surface area (Å²) in [5.41, 5.74) is 10.9. The van der Waals surface area contributed by atoms with Gasteiger partial charge in [-0.05, 0) is 54.1 Å². The number of nitrogens with one attached hydrogen (secondary N) is 3. The number of carbonyl (C=O) groups is 3. The monoisotopic (exact) mass is 711 g/mol. The Hall–Kier alpha value is -6.28. The molecular formula is C38H43N6O8+. The number of ether oxygens (including phenoxy) is 2. The Kier molecular flexibility index (Phi) is 11.8. The maximum atomic E-state index is 12.5. The number of rotatable bonds is 16. The number of carboxylic acids is 2. The van der Waals surface area contributed by atoms with Crippen LogP contribution in [0.3, 0.4) is 0 Å². The molecule has 0 aromatic heterocycles. The van der Waals surface area contributed by atoms with Gasteiger partial charge >= 0.3 is 11.9 Å². The molecule has 3 aromatic carbocycles. The van der Waals surface area contributed by atoms with Gasteiger partial charge in [-0.2, -0.15) is 0 Å². The molecule has 7 N–H and O–H groups in total. The number of benzene rings is 4. The SMILES string of the molecule is CN(C)c1ccc2c(-c3ccc(NCC(=O)O)c(OCCOc4ccc(C(=O)NCCN)cc4NCC(=O)O)c3)c3ccc(=[N+](C)C)cc-3oc2c1. The highest BCUT2D eigenvalue weighted by Crippen LogP contribution is 2.42. The minimum absolute atomic E-state index is 0.0414. The maximum Gasteiger partial charge on any atom is 0.322 e. The van der Waals surface area contributed by atoms with Gasteiger partial charge in [0, 0.05) is 67.1 Å². The second-order valence-electron chi connectivity index (χ2n) is 12.3. The van der Waals surface area contributed by atoms with Crippen molar-refractivity contribution in [3.05, 3.63) is 83.7 Å². The van der Waals surface area contributed by atoms with E-state index in [0.29, 0.717) is 39.8 Å². The zero-order chi connectivity index (χ0) is 37.4. The molecule has 1 heterocycles. The Labute approximate surface area is 300 Å². The van der Waals surface area contributed by atoms with E-state index in [4.69, 9.17) is 19.6 Å². The average Bonchev–Trinajstić information content (AvgIpc) is 3.12. The number of fused-ring (bicyclic) bond motifs is 2. The highest BCUT2D eigenvalue weighted by atomic mass is 16.5. The normalized spacial score (nSPS) is 10.9. The number of nitrogens with zero attached hydrogens (tertiary/aromatic N) is 2. The molecule has 3 aromatic rings. The number of hydrogen-bond acceptors (Lipinski definition) is 10. The molecule has 1 aliphatic heterocycles. The summed E-state index contributed by atoms with van der Waals surface area (Å²) >= 11 is 0. The van der Waals surface area contributed by atoms with Crippen molar-refractivity contribution in [3.63, 3.8) is 0 Å². The molecular weight excluding hydrogens is 668 g/mol. The number of amides is 1. The van der Waals surface area contributed by atoms with Gasteiger partial charge in [-0.15, -0.1) is 0 Å². The van der Waals surface area contributed by atoms with E-state index in [1.54, 1.807) is 18.2 Å². The van der Waals surface area contributed by atoms with Crippen LogP contribution < -0.4 is 46.0 Å². The molecule has 5 rings (SSSR count). The first-order valence-electron chi connectivity index (χ1n) is 16.6. The predicted octanol–water partition coefficient (Wildman–Crippen LogP) is 3.44. The summed E-state index contributed by atoms with van der Waals surface area (Å²) in [6.45, 7) is -0.0668. The predicted molar refractivity (Wildman–Crippen MR) is 201 cm³/mol. The smallest absolute Gasteiger partial charge is 0.322 e. The van der Waals surface area contributed by atoms with E-state index in [1.807, 2.05) is 86.2 Å². The van der Waals surface area contributed by atoms with Gasteiger partial charge in [0.05, 0.1) is 17.4 Å². The molecule has 0 fully saturated rings. The molecule has 0 radical (unpaired) electrons. The van der Waals surface area contributed by atoms with E-state index in [2.05, 4.69) is 16.0 Å². The van der Waals surface area contributed by atoms with Crippen LogP contribution in [0.1, 0.15) is 10.4 Å². The van der Waals surface area contributed by atoms with Gasteiger partial charge in [-0.3, -0.25) is 14.4 Å². The zero-order valence-electron chi connectivity index (χ0n) is 29.5. The van der Waals surface area contributed by atoms with Crippen molar-refractivity contribution in [1.29, 1.82) is 0 Å². The quantitative estimate of drug-likeness (QED) is 0.0497. The molecule has 14 nitrogen and oxygen atoms in total. The lowest BCUT2D eigenvalue weighted by Crippen LogP contribution is -2.29. The minimum atomic E-state index is -1.09. The molecule has 14 heteroatoms. The Bertz CT molecular complexity index is 2140. The lowest BCUT2D eigenvalue weighted by Gasteiger charge is -2.19. The summed E-state index contributed by atoms with van der Waals surface area (Å²) in [6, 6.07) is 22.3. The molecule has 52 heavy (non-hydrogen) atoms. The van der Waals surface area contributed by atoms with E-state index in [0.717, 1.165) is 33.1 Å². The molecule has 0 spiro atoms. The third-order valence-electron chi connectivity index (χ3n) is 8.12. The van der Waals surface area contributed by atoms with E-state index >= 15 is 0 Å². The second-order valence-corrected chi connectivity index (χ2v) is 12.3. The fourth-order valence-electron chi connectivity index (χ4n) is 5.55. The van der Waals surface area contributed by atoms with Crippen LogP contribution in [0, 0.1) is 0 Å². The van der Waals surface area contributed by atoms with Crippen LogP contribution in [0.2, 0.25) is 0 Å². The number of carbonyl (C=O) groups excluding carboxylic acids is 1. The summed E-state index contributed by atoms with van der Waals surface area (Å²) in [4.78, 5) is 37.2. The number of carboxylic acid groups (broad SMARTS) is 2. The van der Waals surface area contributed by atoms with Gasteiger partial charge < -0.3 is 50.7 Å². The van der Waals surface area contributed by atoms with E-state index in [9.17, 15) is 24.6 Å². The summed E-state index contributed by atoms with van der Waals surface area (Å²) in [7, 11) is 7.87. The first-order chi connectivity index (χ1) is 24.9. The van der Waals surface area contributed by atoms with Crippen molar-refractivity contribution >= 4 is 45.9 Å². The van der Waals surface area contributed by atoms with Crippen molar-refractivity contribution < 1.29 is 38.5 Å². The third kappa shape index (κ3) is 8.89. The molecule has 0 saturated carbocycles. The largest absolute Gasteiger partial charge is 0.488 e. The highest BCUT2D eigenvalue weighted by Gasteiger charge is 2.20. The van der Waals surface area contributed by atoms with E-state index in [-0.39, 0.29) is 38.8 Å². The Morgan fingerprint density at radius 1 is 0.827 bits per heavy atom. The summed E-state index contributed by atoms with van der Waals surface area (Å²) in [6.07, 6.45) is 0. The molecule has 0 bridgehead atoms. The van der Waals surface area contributed by atoms with Crippen molar-refractivity contribution in [3.8, 4) is 33.9 Å². The van der Waals surface area contributed by atoms with Crippen LogP contribution >= 0.6 is 0 Å². The number of hydrogen-bond donors (Lipinski definition) is 6. The second kappa shape index (κ2) is 16.6. The van der Waals surface area contributed by atoms with Crippen LogP contribution in [-0.4, -0.2) is 95.6 Å². The fraction of sp³-hybridized carbons (Fsp3) is 0.263. The van der Waals surface area contributed by atoms with Crippen LogP contribution in [0.4, 0.5) is 17.1 Å². The summed E-state index contributed by atoms with van der Waals surface area (Å²) in [5.74, 6) is -1.06. The van der Waals surface area contributed by atoms with Gasteiger partial charge in [0.2, 0.25) is 5.36 Å². The van der Waals surface area contributed by atoms with Gasteiger partial charge in [0.25, 0.3) is 5.91 Å². The van der Waals surface area contributed by atoms with Crippen molar-refractivity contribution in [2.75, 3.05) is 83.1 Å². The number of anilines is 3. The average molecular weight is 712 g/mol. The minimum Gasteiger partial charge on any atom is -0.488 e. The Morgan fingerprint density at radius 2 is 1.54 bits per heavy atom. The first kappa shape index (κ1) is 37.0. The number of aliphatic carboxylic acids is 2. The Morgan fingerprint density at radius 3 is 2.21 bits per heavy atom. The molecule has 1 amide bonds.